The molecule has 1 unspecified atom stereocenters. The molecule has 0 spiro atoms. The Hall–Kier alpha value is -1.91. The zero-order valence-corrected chi connectivity index (χ0v) is 11.2. The van der Waals surface area contributed by atoms with Gasteiger partial charge in [0.1, 0.15) is 12.7 Å². The van der Waals surface area contributed by atoms with Crippen molar-refractivity contribution in [3.8, 4) is 5.75 Å². The van der Waals surface area contributed by atoms with Crippen molar-refractivity contribution in [1.82, 2.24) is 0 Å². The highest BCUT2D eigenvalue weighted by Gasteiger charge is 2.11. The van der Waals surface area contributed by atoms with E-state index < -0.39 is 18.0 Å². The molecule has 2 aromatic rings. The van der Waals surface area contributed by atoms with Crippen LogP contribution in [-0.4, -0.2) is 16.8 Å². The maximum atomic E-state index is 13.7. The topological polar surface area (TPSA) is 49.7 Å². The molecule has 0 aliphatic rings. The van der Waals surface area contributed by atoms with E-state index >= 15 is 0 Å². The minimum atomic E-state index is -0.813. The van der Waals surface area contributed by atoms with E-state index in [1.54, 1.807) is 25.1 Å². The Kier molecular flexibility index (Phi) is 4.71. The van der Waals surface area contributed by atoms with Gasteiger partial charge in [0.05, 0.1) is 6.10 Å². The number of ether oxygens (including phenoxy) is 1. The van der Waals surface area contributed by atoms with Crippen molar-refractivity contribution >= 4 is 0 Å². The molecule has 2 N–H and O–H groups in total. The lowest BCUT2D eigenvalue weighted by Crippen LogP contribution is -2.10. The molecule has 20 heavy (non-hydrogen) atoms. The first-order valence-electron chi connectivity index (χ1n) is 6.41. The van der Waals surface area contributed by atoms with Gasteiger partial charge in [-0.2, -0.15) is 0 Å². The van der Waals surface area contributed by atoms with Crippen LogP contribution in [0.2, 0.25) is 0 Å². The van der Waals surface area contributed by atoms with Gasteiger partial charge in [-0.1, -0.05) is 36.4 Å². The summed E-state index contributed by atoms with van der Waals surface area (Å²) in [6.07, 6.45) is -1.54. The predicted molar refractivity (Wildman–Crippen MR) is 73.9 cm³/mol. The van der Waals surface area contributed by atoms with Gasteiger partial charge in [0.25, 0.3) is 0 Å². The molecule has 0 radical (unpaired) electrons. The number of rotatable bonds is 5. The van der Waals surface area contributed by atoms with E-state index in [1.165, 1.54) is 12.1 Å². The van der Waals surface area contributed by atoms with Gasteiger partial charge in [0.15, 0.2) is 11.6 Å². The summed E-state index contributed by atoms with van der Waals surface area (Å²) in [5.41, 5.74) is 1.20. The van der Waals surface area contributed by atoms with Crippen LogP contribution in [0.5, 0.6) is 5.75 Å². The fraction of sp³-hybridized carbons (Fsp3) is 0.250. The fourth-order valence-corrected chi connectivity index (χ4v) is 1.83. The van der Waals surface area contributed by atoms with Gasteiger partial charge in [-0.15, -0.1) is 0 Å². The predicted octanol–water partition coefficient (Wildman–Crippen LogP) is 2.99. The van der Waals surface area contributed by atoms with Crippen molar-refractivity contribution in [1.29, 1.82) is 0 Å². The van der Waals surface area contributed by atoms with Crippen LogP contribution < -0.4 is 4.74 Å². The molecule has 3 nitrogen and oxygen atoms in total. The van der Waals surface area contributed by atoms with Gasteiger partial charge in [-0.3, -0.25) is 0 Å². The lowest BCUT2D eigenvalue weighted by atomic mass is 10.1. The lowest BCUT2D eigenvalue weighted by molar-refractivity contribution is 0.105. The number of benzene rings is 2. The molecule has 0 heterocycles. The quantitative estimate of drug-likeness (QED) is 0.882. The maximum absolute atomic E-state index is 13.7. The van der Waals surface area contributed by atoms with Crippen LogP contribution in [0.3, 0.4) is 0 Å². The monoisotopic (exact) mass is 276 g/mol. The summed E-state index contributed by atoms with van der Waals surface area (Å²) < 4.78 is 19.0. The molecular weight excluding hydrogens is 259 g/mol. The molecule has 0 amide bonds. The highest BCUT2D eigenvalue weighted by molar-refractivity contribution is 5.30. The van der Waals surface area contributed by atoms with E-state index in [-0.39, 0.29) is 12.4 Å². The van der Waals surface area contributed by atoms with E-state index in [9.17, 15) is 14.6 Å². The van der Waals surface area contributed by atoms with Crippen LogP contribution in [0.25, 0.3) is 0 Å². The van der Waals surface area contributed by atoms with Crippen LogP contribution in [0.4, 0.5) is 4.39 Å². The standard InChI is InChI=1S/C16H17FO3/c1-11(18)13-7-8-16(14(17)9-13)20-10-15(19)12-5-3-2-4-6-12/h2-9,11,15,18-19H,10H2,1H3/t11-,15?/m1/s1. The molecule has 0 bridgehead atoms. The van der Waals surface area contributed by atoms with Crippen molar-refractivity contribution in [3.05, 3.63) is 65.5 Å². The van der Waals surface area contributed by atoms with Crippen LogP contribution in [0.1, 0.15) is 30.3 Å². The number of aliphatic hydroxyl groups excluding tert-OH is 2. The van der Waals surface area contributed by atoms with Gasteiger partial charge in [-0.25, -0.2) is 4.39 Å². The molecule has 0 saturated heterocycles. The first kappa shape index (κ1) is 14.5. The van der Waals surface area contributed by atoms with Crippen molar-refractivity contribution in [3.63, 3.8) is 0 Å². The average Bonchev–Trinajstić information content (AvgIpc) is 2.46. The third-order valence-corrected chi connectivity index (χ3v) is 3.02. The molecule has 106 valence electrons. The third kappa shape index (κ3) is 3.56. The summed E-state index contributed by atoms with van der Waals surface area (Å²) in [6, 6.07) is 13.3. The SMILES string of the molecule is C[C@@H](O)c1ccc(OCC(O)c2ccccc2)c(F)c1. The van der Waals surface area contributed by atoms with E-state index in [0.717, 1.165) is 0 Å². The Morgan fingerprint density at radius 1 is 1.05 bits per heavy atom. The number of aliphatic hydroxyl groups is 2. The first-order chi connectivity index (χ1) is 9.58. The number of halogens is 1. The molecule has 0 fully saturated rings. The van der Waals surface area contributed by atoms with Gasteiger partial charge in [0.2, 0.25) is 0 Å². The van der Waals surface area contributed by atoms with E-state index in [2.05, 4.69) is 0 Å². The molecule has 2 rings (SSSR count). The summed E-state index contributed by atoms with van der Waals surface area (Å²) in [5.74, 6) is -0.493. The minimum Gasteiger partial charge on any atom is -0.487 e. The normalized spacial score (nSPS) is 13.8. The largest absolute Gasteiger partial charge is 0.487 e. The van der Waals surface area contributed by atoms with E-state index in [0.29, 0.717) is 11.1 Å². The summed E-state index contributed by atoms with van der Waals surface area (Å²) in [4.78, 5) is 0. The molecule has 2 atom stereocenters. The Morgan fingerprint density at radius 2 is 1.75 bits per heavy atom. The fourth-order valence-electron chi connectivity index (χ4n) is 1.83. The summed E-state index contributed by atoms with van der Waals surface area (Å²) >= 11 is 0. The highest BCUT2D eigenvalue weighted by atomic mass is 19.1. The van der Waals surface area contributed by atoms with Crippen molar-refractivity contribution < 1.29 is 19.3 Å². The second-order valence-corrected chi connectivity index (χ2v) is 4.60. The third-order valence-electron chi connectivity index (χ3n) is 3.02. The minimum absolute atomic E-state index is 0.0328. The van der Waals surface area contributed by atoms with Crippen LogP contribution in [0, 0.1) is 5.82 Å². The lowest BCUT2D eigenvalue weighted by Gasteiger charge is -2.14. The van der Waals surface area contributed by atoms with Gasteiger partial charge in [0, 0.05) is 0 Å². The molecule has 0 aliphatic carbocycles. The van der Waals surface area contributed by atoms with Crippen LogP contribution in [0.15, 0.2) is 48.5 Å². The maximum Gasteiger partial charge on any atom is 0.165 e. The zero-order valence-electron chi connectivity index (χ0n) is 11.2. The van der Waals surface area contributed by atoms with Crippen molar-refractivity contribution in [2.75, 3.05) is 6.61 Å². The molecule has 2 aromatic carbocycles. The Labute approximate surface area is 117 Å². The van der Waals surface area contributed by atoms with Gasteiger partial charge >= 0.3 is 0 Å². The molecule has 0 aliphatic heterocycles. The highest BCUT2D eigenvalue weighted by Crippen LogP contribution is 2.23. The summed E-state index contributed by atoms with van der Waals surface area (Å²) in [6.45, 7) is 1.53. The van der Waals surface area contributed by atoms with Crippen molar-refractivity contribution in [2.24, 2.45) is 0 Å². The van der Waals surface area contributed by atoms with Crippen molar-refractivity contribution in [2.45, 2.75) is 19.1 Å². The van der Waals surface area contributed by atoms with Crippen LogP contribution in [-0.2, 0) is 0 Å². The molecule has 0 saturated carbocycles. The van der Waals surface area contributed by atoms with Crippen LogP contribution >= 0.6 is 0 Å². The number of hydrogen-bond acceptors (Lipinski definition) is 3. The summed E-state index contributed by atoms with van der Waals surface area (Å²) in [5, 5.41) is 19.3. The number of hydrogen-bond donors (Lipinski definition) is 2. The Bertz CT molecular complexity index is 555. The zero-order chi connectivity index (χ0) is 14.5. The smallest absolute Gasteiger partial charge is 0.165 e. The summed E-state index contributed by atoms with van der Waals surface area (Å²) in [7, 11) is 0. The van der Waals surface area contributed by atoms with E-state index in [4.69, 9.17) is 4.74 Å². The molecule has 4 heteroatoms. The molecular formula is C16H17FO3. The van der Waals surface area contributed by atoms with Gasteiger partial charge < -0.3 is 14.9 Å². The second-order valence-electron chi connectivity index (χ2n) is 4.60. The Morgan fingerprint density at radius 3 is 2.35 bits per heavy atom. The second kappa shape index (κ2) is 6.50. The molecule has 0 aromatic heterocycles. The van der Waals surface area contributed by atoms with Gasteiger partial charge in [-0.05, 0) is 30.2 Å². The van der Waals surface area contributed by atoms with E-state index in [1.807, 2.05) is 18.2 Å². The average molecular weight is 276 g/mol. The first-order valence-corrected chi connectivity index (χ1v) is 6.41. The Balaban J connectivity index is 2.01.